The molecule has 0 amide bonds. The van der Waals surface area contributed by atoms with E-state index in [2.05, 4.69) is 14.1 Å². The summed E-state index contributed by atoms with van der Waals surface area (Å²) in [6.45, 7) is 1.28. The van der Waals surface area contributed by atoms with Crippen LogP contribution in [0.3, 0.4) is 0 Å². The molecule has 0 aliphatic heterocycles. The second kappa shape index (κ2) is 3.62. The first-order chi connectivity index (χ1) is 4.29. The van der Waals surface area contributed by atoms with Gasteiger partial charge in [-0.2, -0.15) is 4.98 Å². The van der Waals surface area contributed by atoms with Crippen molar-refractivity contribution in [1.82, 2.24) is 11.1 Å². The number of esters is 1. The van der Waals surface area contributed by atoms with Gasteiger partial charge in [0.1, 0.15) is 6.26 Å². The molecule has 0 bridgehead atoms. The van der Waals surface area contributed by atoms with E-state index < -0.39 is 5.97 Å². The Labute approximate surface area is 57.6 Å². The Morgan fingerprint density at radius 3 is 2.90 bits per heavy atom. The van der Waals surface area contributed by atoms with Gasteiger partial charge in [0.15, 0.2) is 0 Å². The minimum absolute atomic E-state index is 0. The van der Waals surface area contributed by atoms with E-state index in [-0.39, 0.29) is 12.2 Å². The van der Waals surface area contributed by atoms with E-state index in [1.54, 1.807) is 0 Å². The van der Waals surface area contributed by atoms with E-state index >= 15 is 0 Å². The molecule has 1 aromatic rings. The Bertz CT molecular complexity index is 195. The fraction of sp³-hybridized carbons (Fsp3) is 0.200. The standard InChI is InChI=1S/C5H5NO3.H3N/c1-4(7)9-5-6-2-3-8-5;/h2-3H,1H3;1H3. The molecule has 0 aliphatic rings. The summed E-state index contributed by atoms with van der Waals surface area (Å²) in [4.78, 5) is 13.7. The summed E-state index contributed by atoms with van der Waals surface area (Å²) < 4.78 is 9.03. The molecule has 1 heterocycles. The lowest BCUT2D eigenvalue weighted by molar-refractivity contribution is -0.133. The van der Waals surface area contributed by atoms with Crippen LogP contribution in [0.1, 0.15) is 6.92 Å². The number of hydrogen-bond acceptors (Lipinski definition) is 5. The third kappa shape index (κ3) is 2.27. The Morgan fingerprint density at radius 1 is 1.80 bits per heavy atom. The Kier molecular flexibility index (Phi) is 3.13. The molecule has 5 nitrogen and oxygen atoms in total. The minimum Gasteiger partial charge on any atom is -0.417 e. The number of aromatic nitrogens is 1. The summed E-state index contributed by atoms with van der Waals surface area (Å²) in [5.74, 6) is -0.433. The molecule has 0 aliphatic carbocycles. The fourth-order valence-corrected chi connectivity index (χ4v) is 0.384. The van der Waals surface area contributed by atoms with Gasteiger partial charge in [0.05, 0.1) is 6.20 Å². The number of nitrogens with zero attached hydrogens (tertiary/aromatic N) is 1. The molecule has 0 fully saturated rings. The van der Waals surface area contributed by atoms with Gasteiger partial charge in [0.2, 0.25) is 0 Å². The lowest BCUT2D eigenvalue weighted by Gasteiger charge is -1.88. The first-order valence-corrected chi connectivity index (χ1v) is 2.37. The Hall–Kier alpha value is -1.36. The molecule has 1 rings (SSSR count). The van der Waals surface area contributed by atoms with Crippen LogP contribution in [0.25, 0.3) is 0 Å². The van der Waals surface area contributed by atoms with Crippen LogP contribution in [0, 0.1) is 0 Å². The number of ether oxygens (including phenoxy) is 1. The maximum absolute atomic E-state index is 10.2. The molecule has 0 radical (unpaired) electrons. The zero-order chi connectivity index (χ0) is 6.69. The maximum Gasteiger partial charge on any atom is 0.401 e. The van der Waals surface area contributed by atoms with Gasteiger partial charge in [0.25, 0.3) is 0 Å². The van der Waals surface area contributed by atoms with Gasteiger partial charge in [-0.05, 0) is 0 Å². The molecule has 56 valence electrons. The smallest absolute Gasteiger partial charge is 0.401 e. The lowest BCUT2D eigenvalue weighted by atomic mass is 10.8. The minimum atomic E-state index is -0.433. The predicted octanol–water partition coefficient (Wildman–Crippen LogP) is 0.762. The van der Waals surface area contributed by atoms with Crippen LogP contribution in [-0.2, 0) is 4.79 Å². The largest absolute Gasteiger partial charge is 0.417 e. The highest BCUT2D eigenvalue weighted by atomic mass is 16.6. The first kappa shape index (κ1) is 8.64. The molecule has 0 aromatic carbocycles. The third-order valence-electron chi connectivity index (χ3n) is 0.641. The van der Waals surface area contributed by atoms with Crippen LogP contribution in [0.2, 0.25) is 0 Å². The average molecular weight is 144 g/mol. The van der Waals surface area contributed by atoms with Gasteiger partial charge >= 0.3 is 12.0 Å². The van der Waals surface area contributed by atoms with Crippen molar-refractivity contribution in [2.75, 3.05) is 0 Å². The van der Waals surface area contributed by atoms with Gasteiger partial charge in [-0.15, -0.1) is 0 Å². The Balaban J connectivity index is 0.000000810. The number of carbonyl (C=O) groups is 1. The first-order valence-electron chi connectivity index (χ1n) is 2.37. The van der Waals surface area contributed by atoms with Crippen LogP contribution in [0.15, 0.2) is 16.9 Å². The average Bonchev–Trinajstić information content (AvgIpc) is 2.15. The third-order valence-corrected chi connectivity index (χ3v) is 0.641. The van der Waals surface area contributed by atoms with Crippen LogP contribution in [-0.4, -0.2) is 11.0 Å². The highest BCUT2D eigenvalue weighted by Gasteiger charge is 1.99. The van der Waals surface area contributed by atoms with E-state index in [1.165, 1.54) is 19.4 Å². The molecule has 3 N–H and O–H groups in total. The van der Waals surface area contributed by atoms with E-state index in [0.29, 0.717) is 0 Å². The van der Waals surface area contributed by atoms with Crippen molar-refractivity contribution < 1.29 is 13.9 Å². The van der Waals surface area contributed by atoms with Crippen molar-refractivity contribution in [2.45, 2.75) is 6.92 Å². The Morgan fingerprint density at radius 2 is 2.50 bits per heavy atom. The molecule has 0 saturated carbocycles. The molecule has 10 heavy (non-hydrogen) atoms. The van der Waals surface area contributed by atoms with Crippen LogP contribution < -0.4 is 10.9 Å². The second-order valence-corrected chi connectivity index (χ2v) is 1.39. The van der Waals surface area contributed by atoms with Gasteiger partial charge in [-0.1, -0.05) is 0 Å². The summed E-state index contributed by atoms with van der Waals surface area (Å²) in [5.41, 5.74) is 0. The lowest BCUT2D eigenvalue weighted by Crippen LogP contribution is -2.00. The number of hydrogen-bond donors (Lipinski definition) is 1. The molecular formula is C5H8N2O3. The normalized spacial score (nSPS) is 8.10. The summed E-state index contributed by atoms with van der Waals surface area (Å²) in [6, 6.07) is 0. The predicted molar refractivity (Wildman–Crippen MR) is 32.8 cm³/mol. The summed E-state index contributed by atoms with van der Waals surface area (Å²) >= 11 is 0. The number of oxazole rings is 1. The van der Waals surface area contributed by atoms with Gasteiger partial charge < -0.3 is 15.3 Å². The van der Waals surface area contributed by atoms with Crippen molar-refractivity contribution >= 4 is 5.97 Å². The van der Waals surface area contributed by atoms with Crippen molar-refractivity contribution in [3.05, 3.63) is 12.5 Å². The molecule has 1 aromatic heterocycles. The quantitative estimate of drug-likeness (QED) is 0.588. The van der Waals surface area contributed by atoms with Crippen molar-refractivity contribution in [3.63, 3.8) is 0 Å². The van der Waals surface area contributed by atoms with E-state index in [0.717, 1.165) is 0 Å². The molecule has 0 spiro atoms. The van der Waals surface area contributed by atoms with E-state index in [9.17, 15) is 4.79 Å². The van der Waals surface area contributed by atoms with Gasteiger partial charge in [-0.25, -0.2) is 0 Å². The van der Waals surface area contributed by atoms with E-state index in [1.807, 2.05) is 0 Å². The van der Waals surface area contributed by atoms with E-state index in [4.69, 9.17) is 0 Å². The zero-order valence-corrected chi connectivity index (χ0v) is 5.53. The summed E-state index contributed by atoms with van der Waals surface area (Å²) in [7, 11) is 0. The van der Waals surface area contributed by atoms with Crippen molar-refractivity contribution in [2.24, 2.45) is 0 Å². The second-order valence-electron chi connectivity index (χ2n) is 1.39. The molecular weight excluding hydrogens is 136 g/mol. The highest BCUT2D eigenvalue weighted by Crippen LogP contribution is 2.03. The fourth-order valence-electron chi connectivity index (χ4n) is 0.384. The zero-order valence-electron chi connectivity index (χ0n) is 5.53. The highest BCUT2D eigenvalue weighted by molar-refractivity contribution is 5.67. The van der Waals surface area contributed by atoms with Gasteiger partial charge in [0, 0.05) is 6.92 Å². The summed E-state index contributed by atoms with van der Waals surface area (Å²) in [5, 5.41) is 0. The van der Waals surface area contributed by atoms with Crippen LogP contribution >= 0.6 is 0 Å². The SMILES string of the molecule is CC(=O)Oc1ncco1.N. The van der Waals surface area contributed by atoms with Crippen molar-refractivity contribution in [3.8, 4) is 6.08 Å². The number of rotatable bonds is 1. The topological polar surface area (TPSA) is 87.3 Å². The van der Waals surface area contributed by atoms with Crippen molar-refractivity contribution in [1.29, 1.82) is 0 Å². The maximum atomic E-state index is 10.2. The molecule has 0 unspecified atom stereocenters. The number of carbonyl (C=O) groups excluding carboxylic acids is 1. The van der Waals surface area contributed by atoms with Gasteiger partial charge in [-0.3, -0.25) is 4.79 Å². The van der Waals surface area contributed by atoms with Crippen LogP contribution in [0.4, 0.5) is 0 Å². The molecule has 0 saturated heterocycles. The summed E-state index contributed by atoms with van der Waals surface area (Å²) in [6.07, 6.45) is 2.72. The van der Waals surface area contributed by atoms with Crippen LogP contribution in [0.5, 0.6) is 6.08 Å². The molecule has 0 atom stereocenters. The monoisotopic (exact) mass is 144 g/mol. The molecule has 5 heteroatoms.